The zero-order chi connectivity index (χ0) is 20.8. The van der Waals surface area contributed by atoms with Crippen LogP contribution in [0.4, 0.5) is 0 Å². The fourth-order valence-corrected chi connectivity index (χ4v) is 3.30. The first-order valence-corrected chi connectivity index (χ1v) is 9.76. The molecule has 11 heteroatoms. The molecule has 9 nitrogen and oxygen atoms in total. The lowest BCUT2D eigenvalue weighted by molar-refractivity contribution is -0.119. The summed E-state index contributed by atoms with van der Waals surface area (Å²) in [4.78, 5) is 24.2. The summed E-state index contributed by atoms with van der Waals surface area (Å²) in [5.41, 5.74) is 6.60. The number of aromatic nitrogens is 4. The van der Waals surface area contributed by atoms with Gasteiger partial charge in [-0.2, -0.15) is 4.68 Å². The predicted octanol–water partition coefficient (Wildman–Crippen LogP) is 2.19. The normalized spacial score (nSPS) is 10.4. The Kier molecular flexibility index (Phi) is 6.68. The van der Waals surface area contributed by atoms with Gasteiger partial charge in [-0.15, -0.1) is 5.10 Å². The monoisotopic (exact) mass is 432 g/mol. The van der Waals surface area contributed by atoms with Crippen LogP contribution in [0.1, 0.15) is 15.9 Å². The van der Waals surface area contributed by atoms with E-state index in [1.165, 1.54) is 4.68 Å². The standard InChI is InChI=1S/C18H17ClN6O3S/c1-11-7-8-15(28-2)14(9-11)25-18(22-23-24-25)29-10-16(26)20-21-17(27)12-5-3-4-6-13(12)19/h3-9H,10H2,1-2H3,(H,20,26)(H,21,27). The molecule has 0 aliphatic rings. The second-order valence-electron chi connectivity index (χ2n) is 5.82. The van der Waals surface area contributed by atoms with E-state index >= 15 is 0 Å². The molecule has 2 N–H and O–H groups in total. The molecule has 0 atom stereocenters. The summed E-state index contributed by atoms with van der Waals surface area (Å²) in [7, 11) is 1.56. The summed E-state index contributed by atoms with van der Waals surface area (Å²) in [6.45, 7) is 1.94. The van der Waals surface area contributed by atoms with Gasteiger partial charge in [-0.05, 0) is 47.2 Å². The number of halogens is 1. The Hall–Kier alpha value is -3.11. The van der Waals surface area contributed by atoms with Gasteiger partial charge in [0.05, 0.1) is 23.4 Å². The molecule has 3 rings (SSSR count). The van der Waals surface area contributed by atoms with Crippen molar-refractivity contribution in [2.24, 2.45) is 0 Å². The third-order valence-electron chi connectivity index (χ3n) is 3.77. The average molecular weight is 433 g/mol. The Morgan fingerprint density at radius 2 is 2.00 bits per heavy atom. The second-order valence-corrected chi connectivity index (χ2v) is 7.17. The van der Waals surface area contributed by atoms with Crippen molar-refractivity contribution in [1.82, 2.24) is 31.1 Å². The molecule has 29 heavy (non-hydrogen) atoms. The zero-order valence-corrected chi connectivity index (χ0v) is 17.1. The molecule has 2 amide bonds. The third kappa shape index (κ3) is 5.04. The Balaban J connectivity index is 1.61. The largest absolute Gasteiger partial charge is 0.494 e. The van der Waals surface area contributed by atoms with Gasteiger partial charge < -0.3 is 4.74 Å². The molecule has 0 fully saturated rings. The number of amides is 2. The maximum Gasteiger partial charge on any atom is 0.271 e. The lowest BCUT2D eigenvalue weighted by Crippen LogP contribution is -2.42. The van der Waals surface area contributed by atoms with E-state index in [1.54, 1.807) is 31.4 Å². The van der Waals surface area contributed by atoms with Gasteiger partial charge in [0.15, 0.2) is 0 Å². The average Bonchev–Trinajstić information content (AvgIpc) is 3.19. The number of rotatable bonds is 6. The summed E-state index contributed by atoms with van der Waals surface area (Å²) in [6.07, 6.45) is 0. The van der Waals surface area contributed by atoms with Crippen molar-refractivity contribution in [3.8, 4) is 11.4 Å². The van der Waals surface area contributed by atoms with Crippen molar-refractivity contribution in [1.29, 1.82) is 0 Å². The van der Waals surface area contributed by atoms with Gasteiger partial charge >= 0.3 is 0 Å². The van der Waals surface area contributed by atoms with Gasteiger partial charge in [0.25, 0.3) is 5.91 Å². The molecule has 0 aliphatic carbocycles. The van der Waals surface area contributed by atoms with Crippen LogP contribution in [0, 0.1) is 6.92 Å². The highest BCUT2D eigenvalue weighted by atomic mass is 35.5. The third-order valence-corrected chi connectivity index (χ3v) is 5.02. The van der Waals surface area contributed by atoms with Crippen LogP contribution >= 0.6 is 23.4 Å². The molecule has 3 aromatic rings. The quantitative estimate of drug-likeness (QED) is 0.453. The number of methoxy groups -OCH3 is 1. The van der Waals surface area contributed by atoms with Gasteiger partial charge in [0, 0.05) is 0 Å². The predicted molar refractivity (Wildman–Crippen MR) is 108 cm³/mol. The Morgan fingerprint density at radius 3 is 2.76 bits per heavy atom. The highest BCUT2D eigenvalue weighted by Gasteiger charge is 2.16. The number of benzene rings is 2. The van der Waals surface area contributed by atoms with Gasteiger partial charge in [-0.3, -0.25) is 20.4 Å². The van der Waals surface area contributed by atoms with Gasteiger partial charge in [-0.1, -0.05) is 41.6 Å². The second kappa shape index (κ2) is 9.39. The Morgan fingerprint density at radius 1 is 1.21 bits per heavy atom. The minimum absolute atomic E-state index is 0.0166. The van der Waals surface area contributed by atoms with Gasteiger partial charge in [0.2, 0.25) is 11.1 Å². The first kappa shape index (κ1) is 20.6. The summed E-state index contributed by atoms with van der Waals surface area (Å²) >= 11 is 7.08. The van der Waals surface area contributed by atoms with Crippen LogP contribution in [0.25, 0.3) is 5.69 Å². The number of thioether (sulfide) groups is 1. The summed E-state index contributed by atoms with van der Waals surface area (Å²) in [5, 5.41) is 12.3. The van der Waals surface area contributed by atoms with Crippen LogP contribution in [-0.4, -0.2) is 44.9 Å². The van der Waals surface area contributed by atoms with Crippen LogP contribution in [0.15, 0.2) is 47.6 Å². The van der Waals surface area contributed by atoms with Crippen molar-refractivity contribution < 1.29 is 14.3 Å². The lowest BCUT2D eigenvalue weighted by Gasteiger charge is -2.10. The number of tetrazole rings is 1. The maximum absolute atomic E-state index is 12.1. The Bertz CT molecular complexity index is 1040. The molecule has 0 saturated heterocycles. The van der Waals surface area contributed by atoms with Crippen LogP contribution < -0.4 is 15.6 Å². The molecule has 1 aromatic heterocycles. The van der Waals surface area contributed by atoms with Gasteiger partial charge in [0.1, 0.15) is 11.4 Å². The van der Waals surface area contributed by atoms with E-state index in [2.05, 4.69) is 26.4 Å². The van der Waals surface area contributed by atoms with Crippen LogP contribution in [0.2, 0.25) is 5.02 Å². The summed E-state index contributed by atoms with van der Waals surface area (Å²) in [5.74, 6) is -0.359. The molecule has 150 valence electrons. The number of ether oxygens (including phenoxy) is 1. The van der Waals surface area contributed by atoms with Crippen LogP contribution in [-0.2, 0) is 4.79 Å². The molecule has 0 bridgehead atoms. The lowest BCUT2D eigenvalue weighted by atomic mass is 10.2. The van der Waals surface area contributed by atoms with Crippen molar-refractivity contribution in [2.75, 3.05) is 12.9 Å². The van der Waals surface area contributed by atoms with Crippen molar-refractivity contribution in [2.45, 2.75) is 12.1 Å². The smallest absolute Gasteiger partial charge is 0.271 e. The number of hydrazine groups is 1. The maximum atomic E-state index is 12.1. The van der Waals surface area contributed by atoms with E-state index in [0.717, 1.165) is 17.3 Å². The summed E-state index contributed by atoms with van der Waals surface area (Å²) < 4.78 is 6.85. The number of aryl methyl sites for hydroxylation is 1. The highest BCUT2D eigenvalue weighted by Crippen LogP contribution is 2.26. The first-order valence-electron chi connectivity index (χ1n) is 8.39. The first-order chi connectivity index (χ1) is 14.0. The summed E-state index contributed by atoms with van der Waals surface area (Å²) in [6, 6.07) is 12.1. The van der Waals surface area contributed by atoms with E-state index in [1.807, 2.05) is 25.1 Å². The molecule has 1 heterocycles. The van der Waals surface area contributed by atoms with E-state index in [-0.39, 0.29) is 11.3 Å². The SMILES string of the molecule is COc1ccc(C)cc1-n1nnnc1SCC(=O)NNC(=O)c1ccccc1Cl. The molecule has 2 aromatic carbocycles. The van der Waals surface area contributed by atoms with Gasteiger partial charge in [-0.25, -0.2) is 0 Å². The molecule has 0 radical (unpaired) electrons. The minimum atomic E-state index is -0.511. The van der Waals surface area contributed by atoms with E-state index in [4.69, 9.17) is 16.3 Å². The molecule has 0 aliphatic heterocycles. The number of carbonyl (C=O) groups is 2. The molecule has 0 spiro atoms. The highest BCUT2D eigenvalue weighted by molar-refractivity contribution is 7.99. The van der Waals surface area contributed by atoms with Crippen molar-refractivity contribution in [3.63, 3.8) is 0 Å². The molecule has 0 unspecified atom stereocenters. The fourth-order valence-electron chi connectivity index (χ4n) is 2.39. The van der Waals surface area contributed by atoms with Crippen molar-refractivity contribution in [3.05, 3.63) is 58.6 Å². The van der Waals surface area contributed by atoms with E-state index < -0.39 is 11.8 Å². The molecular weight excluding hydrogens is 416 g/mol. The number of hydrogen-bond donors (Lipinski definition) is 2. The molecule has 0 saturated carbocycles. The van der Waals surface area contributed by atoms with Crippen LogP contribution in [0.3, 0.4) is 0 Å². The number of hydrogen-bond acceptors (Lipinski definition) is 7. The number of nitrogens with zero attached hydrogens (tertiary/aromatic N) is 4. The number of carbonyl (C=O) groups excluding carboxylic acids is 2. The fraction of sp³-hybridized carbons (Fsp3) is 0.167. The Labute approximate surface area is 175 Å². The van der Waals surface area contributed by atoms with Crippen LogP contribution in [0.5, 0.6) is 5.75 Å². The van der Waals surface area contributed by atoms with Crippen molar-refractivity contribution >= 4 is 35.2 Å². The minimum Gasteiger partial charge on any atom is -0.494 e. The van der Waals surface area contributed by atoms with E-state index in [9.17, 15) is 9.59 Å². The topological polar surface area (TPSA) is 111 Å². The molecular formula is C18H17ClN6O3S. The van der Waals surface area contributed by atoms with E-state index in [0.29, 0.717) is 21.6 Å². The number of nitrogens with one attached hydrogen (secondary N) is 2. The zero-order valence-electron chi connectivity index (χ0n) is 15.5.